The van der Waals surface area contributed by atoms with E-state index in [1.54, 1.807) is 0 Å². The highest BCUT2D eigenvalue weighted by Gasteiger charge is 2.17. The molecule has 0 atom stereocenters. The summed E-state index contributed by atoms with van der Waals surface area (Å²) < 4.78 is 0. The quantitative estimate of drug-likeness (QED) is 0.860. The largest absolute Gasteiger partial charge is 0.375 e. The molecule has 1 aromatic heterocycles. The summed E-state index contributed by atoms with van der Waals surface area (Å²) in [7, 11) is 0. The summed E-state index contributed by atoms with van der Waals surface area (Å²) in [5.41, 5.74) is 8.84. The number of aromatic nitrogens is 1. The van der Waals surface area contributed by atoms with Crippen LogP contribution in [0.15, 0.2) is 12.1 Å². The molecule has 0 bridgehead atoms. The van der Waals surface area contributed by atoms with Crippen molar-refractivity contribution >= 4 is 39.7 Å². The van der Waals surface area contributed by atoms with Gasteiger partial charge in [0.2, 0.25) is 0 Å². The molecule has 0 saturated heterocycles. The second kappa shape index (κ2) is 5.70. The summed E-state index contributed by atoms with van der Waals surface area (Å²) >= 11 is 14.1. The van der Waals surface area contributed by atoms with Gasteiger partial charge in [-0.15, -0.1) is 11.3 Å². The highest BCUT2D eigenvalue weighted by Crippen LogP contribution is 2.34. The molecule has 0 spiro atoms. The van der Waals surface area contributed by atoms with E-state index in [0.29, 0.717) is 22.5 Å². The van der Waals surface area contributed by atoms with Crippen molar-refractivity contribution in [3.63, 3.8) is 0 Å². The topological polar surface area (TPSA) is 38.9 Å². The van der Waals surface area contributed by atoms with Gasteiger partial charge in [0.15, 0.2) is 5.13 Å². The van der Waals surface area contributed by atoms with Crippen LogP contribution in [0.3, 0.4) is 0 Å². The van der Waals surface area contributed by atoms with Crippen LogP contribution >= 0.6 is 34.5 Å². The van der Waals surface area contributed by atoms with E-state index in [9.17, 15) is 0 Å². The van der Waals surface area contributed by atoms with E-state index >= 15 is 0 Å². The lowest BCUT2D eigenvalue weighted by atomic mass is 10.0. The fraction of sp³-hybridized carbons (Fsp3) is 0.357. The van der Waals surface area contributed by atoms with Gasteiger partial charge < -0.3 is 5.73 Å². The van der Waals surface area contributed by atoms with Crippen LogP contribution in [-0.4, -0.2) is 4.98 Å². The van der Waals surface area contributed by atoms with E-state index < -0.39 is 0 Å². The highest BCUT2D eigenvalue weighted by molar-refractivity contribution is 7.15. The summed E-state index contributed by atoms with van der Waals surface area (Å²) in [6, 6.07) is 3.82. The predicted molar refractivity (Wildman–Crippen MR) is 84.6 cm³/mol. The first kappa shape index (κ1) is 14.6. The van der Waals surface area contributed by atoms with Crippen molar-refractivity contribution in [3.05, 3.63) is 43.9 Å². The van der Waals surface area contributed by atoms with E-state index in [2.05, 4.69) is 18.8 Å². The first-order valence-electron chi connectivity index (χ1n) is 6.08. The van der Waals surface area contributed by atoms with Crippen molar-refractivity contribution in [1.82, 2.24) is 4.98 Å². The molecule has 102 valence electrons. The number of thiazole rings is 1. The zero-order valence-electron chi connectivity index (χ0n) is 11.1. The van der Waals surface area contributed by atoms with E-state index in [-0.39, 0.29) is 0 Å². The molecule has 0 saturated carbocycles. The van der Waals surface area contributed by atoms with Crippen LogP contribution < -0.4 is 5.73 Å². The molecule has 0 aliphatic rings. The summed E-state index contributed by atoms with van der Waals surface area (Å²) in [6.07, 6.45) is 0.682. The van der Waals surface area contributed by atoms with Crippen molar-refractivity contribution in [1.29, 1.82) is 0 Å². The molecule has 0 radical (unpaired) electrons. The van der Waals surface area contributed by atoms with Gasteiger partial charge in [-0.2, -0.15) is 0 Å². The number of anilines is 1. The van der Waals surface area contributed by atoms with Gasteiger partial charge in [-0.25, -0.2) is 4.98 Å². The van der Waals surface area contributed by atoms with Crippen LogP contribution in [0.1, 0.15) is 41.5 Å². The third kappa shape index (κ3) is 3.04. The fourth-order valence-corrected chi connectivity index (χ4v) is 3.50. The van der Waals surface area contributed by atoms with E-state index in [0.717, 1.165) is 26.7 Å². The Morgan fingerprint density at radius 3 is 2.63 bits per heavy atom. The van der Waals surface area contributed by atoms with Gasteiger partial charge >= 0.3 is 0 Å². The molecular formula is C14H16Cl2N2S. The lowest BCUT2D eigenvalue weighted by Gasteiger charge is -2.10. The molecule has 0 aliphatic carbocycles. The second-order valence-corrected chi connectivity index (χ2v) is 6.75. The van der Waals surface area contributed by atoms with Crippen molar-refractivity contribution in [3.8, 4) is 0 Å². The number of hydrogen-bond donors (Lipinski definition) is 1. The molecule has 1 heterocycles. The Morgan fingerprint density at radius 1 is 1.32 bits per heavy atom. The Hall–Kier alpha value is -0.770. The molecule has 2 nitrogen and oxygen atoms in total. The molecule has 2 rings (SSSR count). The molecule has 5 heteroatoms. The molecule has 0 fully saturated rings. The number of nitrogens with two attached hydrogens (primary N) is 1. The number of nitrogens with zero attached hydrogens (tertiary/aromatic N) is 1. The molecule has 2 N–H and O–H groups in total. The minimum Gasteiger partial charge on any atom is -0.375 e. The van der Waals surface area contributed by atoms with Crippen molar-refractivity contribution in [2.24, 2.45) is 0 Å². The van der Waals surface area contributed by atoms with E-state index in [4.69, 9.17) is 28.9 Å². The van der Waals surface area contributed by atoms with Crippen molar-refractivity contribution in [2.45, 2.75) is 33.1 Å². The summed E-state index contributed by atoms with van der Waals surface area (Å²) in [5.74, 6) is 0.339. The Morgan fingerprint density at radius 2 is 2.00 bits per heavy atom. The molecule has 0 unspecified atom stereocenters. The summed E-state index contributed by atoms with van der Waals surface area (Å²) in [6.45, 7) is 6.20. The van der Waals surface area contributed by atoms with Gasteiger partial charge in [0.25, 0.3) is 0 Å². The van der Waals surface area contributed by atoms with Crippen molar-refractivity contribution < 1.29 is 0 Å². The standard InChI is InChI=1S/C14H16Cl2N2S/c1-7(2)13-11(19-14(17)18-13)6-9-10(15)5-4-8(3)12(9)16/h4-5,7H,6H2,1-3H3,(H2,17,18). The van der Waals surface area contributed by atoms with Crippen LogP contribution in [0.2, 0.25) is 10.0 Å². The lowest BCUT2D eigenvalue weighted by molar-refractivity contribution is 0.820. The predicted octanol–water partition coefficient (Wildman–Crippen LogP) is 5.05. The molecular weight excluding hydrogens is 299 g/mol. The number of aryl methyl sites for hydroxylation is 1. The Kier molecular flexibility index (Phi) is 4.39. The van der Waals surface area contributed by atoms with Crippen LogP contribution in [-0.2, 0) is 6.42 Å². The maximum atomic E-state index is 6.36. The van der Waals surface area contributed by atoms with Gasteiger partial charge in [-0.3, -0.25) is 0 Å². The number of halogens is 2. The molecule has 0 aliphatic heterocycles. The van der Waals surface area contributed by atoms with Gasteiger partial charge in [0, 0.05) is 21.3 Å². The second-order valence-electron chi connectivity index (χ2n) is 4.85. The summed E-state index contributed by atoms with van der Waals surface area (Å²) in [5, 5.41) is 2.02. The Labute approximate surface area is 127 Å². The average molecular weight is 315 g/mol. The molecule has 19 heavy (non-hydrogen) atoms. The smallest absolute Gasteiger partial charge is 0.180 e. The van der Waals surface area contributed by atoms with E-state index in [1.165, 1.54) is 11.3 Å². The average Bonchev–Trinajstić information content (AvgIpc) is 2.71. The first-order chi connectivity index (χ1) is 8.90. The lowest BCUT2D eigenvalue weighted by Crippen LogP contribution is -1.97. The van der Waals surface area contributed by atoms with Gasteiger partial charge in [0.05, 0.1) is 5.69 Å². The minimum atomic E-state index is 0.339. The zero-order chi connectivity index (χ0) is 14.2. The highest BCUT2D eigenvalue weighted by atomic mass is 35.5. The monoisotopic (exact) mass is 314 g/mol. The van der Waals surface area contributed by atoms with Crippen LogP contribution in [0.4, 0.5) is 5.13 Å². The third-order valence-electron chi connectivity index (χ3n) is 3.01. The number of hydrogen-bond acceptors (Lipinski definition) is 3. The molecule has 1 aromatic carbocycles. The maximum Gasteiger partial charge on any atom is 0.180 e. The van der Waals surface area contributed by atoms with Crippen LogP contribution in [0.5, 0.6) is 0 Å². The van der Waals surface area contributed by atoms with Crippen LogP contribution in [0.25, 0.3) is 0 Å². The zero-order valence-corrected chi connectivity index (χ0v) is 13.5. The molecule has 0 amide bonds. The number of nitrogen functional groups attached to an aromatic ring is 1. The van der Waals surface area contributed by atoms with E-state index in [1.807, 2.05) is 19.1 Å². The van der Waals surface area contributed by atoms with Crippen molar-refractivity contribution in [2.75, 3.05) is 5.73 Å². The minimum absolute atomic E-state index is 0.339. The first-order valence-corrected chi connectivity index (χ1v) is 7.66. The van der Waals surface area contributed by atoms with Gasteiger partial charge in [-0.05, 0) is 30.0 Å². The van der Waals surface area contributed by atoms with Gasteiger partial charge in [0.1, 0.15) is 0 Å². The molecule has 2 aromatic rings. The normalized spacial score (nSPS) is 11.3. The SMILES string of the molecule is Cc1ccc(Cl)c(Cc2sc(N)nc2C(C)C)c1Cl. The fourth-order valence-electron chi connectivity index (χ4n) is 2.00. The number of rotatable bonds is 3. The Bertz CT molecular complexity index is 606. The Balaban J connectivity index is 2.44. The third-order valence-corrected chi connectivity index (χ3v) is 4.79. The summed E-state index contributed by atoms with van der Waals surface area (Å²) in [4.78, 5) is 5.54. The maximum absolute atomic E-state index is 6.36. The van der Waals surface area contributed by atoms with Gasteiger partial charge in [-0.1, -0.05) is 43.1 Å². The number of benzene rings is 1. The van der Waals surface area contributed by atoms with Crippen LogP contribution in [0, 0.1) is 6.92 Å².